The van der Waals surface area contributed by atoms with Gasteiger partial charge < -0.3 is 10.5 Å². The fourth-order valence-corrected chi connectivity index (χ4v) is 3.65. The number of fused-ring (bicyclic) bond motifs is 3. The Hall–Kier alpha value is -3.25. The maximum absolute atomic E-state index is 9.77. The first-order chi connectivity index (χ1) is 12.6. The Morgan fingerprint density at radius 2 is 1.73 bits per heavy atom. The van der Waals surface area contributed by atoms with Gasteiger partial charge in [0.1, 0.15) is 17.4 Å². The zero-order chi connectivity index (χ0) is 18.3. The second-order valence-corrected chi connectivity index (χ2v) is 6.94. The first kappa shape index (κ1) is 16.2. The number of nitriles is 1. The van der Waals surface area contributed by atoms with Crippen LogP contribution in [0.2, 0.25) is 0 Å². The summed E-state index contributed by atoms with van der Waals surface area (Å²) in [6.07, 6.45) is 0. The van der Waals surface area contributed by atoms with Crippen molar-refractivity contribution in [3.63, 3.8) is 0 Å². The summed E-state index contributed by atoms with van der Waals surface area (Å²) < 4.78 is 5.79. The maximum Gasteiger partial charge on any atom is 0.205 e. The number of allylic oxidation sites excluding steroid dienone is 1. The average molecular weight is 340 g/mol. The lowest BCUT2D eigenvalue weighted by atomic mass is 9.80. The van der Waals surface area contributed by atoms with E-state index >= 15 is 0 Å². The Morgan fingerprint density at radius 3 is 2.42 bits per heavy atom. The molecule has 0 spiro atoms. The molecule has 3 aromatic rings. The van der Waals surface area contributed by atoms with Crippen LogP contribution >= 0.6 is 0 Å². The molecule has 0 amide bonds. The zero-order valence-electron chi connectivity index (χ0n) is 14.9. The number of hydrogen-bond donors (Lipinski definition) is 1. The van der Waals surface area contributed by atoms with Crippen molar-refractivity contribution >= 4 is 10.8 Å². The highest BCUT2D eigenvalue weighted by atomic mass is 16.5. The van der Waals surface area contributed by atoms with E-state index in [2.05, 4.69) is 56.3 Å². The fourth-order valence-electron chi connectivity index (χ4n) is 3.65. The molecule has 128 valence electrons. The first-order valence-corrected chi connectivity index (χ1v) is 8.79. The molecular weight excluding hydrogens is 320 g/mol. The van der Waals surface area contributed by atoms with Crippen molar-refractivity contribution in [2.75, 3.05) is 0 Å². The standard InChI is InChI=1S/C23H20N2O/c1-14(2)15-7-9-17(10-8-15)21-19(13-24)23(25)26-20-12-11-16-5-3-4-6-18(16)22(20)21/h3-12,14,21H,25H2,1-2H3/t21-/m1/s1. The van der Waals surface area contributed by atoms with Crippen LogP contribution in [0.15, 0.2) is 72.1 Å². The molecule has 0 radical (unpaired) electrons. The van der Waals surface area contributed by atoms with Gasteiger partial charge in [0, 0.05) is 5.56 Å². The van der Waals surface area contributed by atoms with Crippen molar-refractivity contribution in [1.29, 1.82) is 5.26 Å². The molecule has 0 bridgehead atoms. The van der Waals surface area contributed by atoms with Crippen LogP contribution in [0.4, 0.5) is 0 Å². The molecule has 0 aromatic heterocycles. The molecule has 3 nitrogen and oxygen atoms in total. The lowest BCUT2D eigenvalue weighted by Crippen LogP contribution is -2.21. The van der Waals surface area contributed by atoms with Gasteiger partial charge in [-0.15, -0.1) is 0 Å². The van der Waals surface area contributed by atoms with Crippen LogP contribution in [0, 0.1) is 11.3 Å². The smallest absolute Gasteiger partial charge is 0.205 e. The second kappa shape index (κ2) is 6.24. The molecule has 0 saturated heterocycles. The number of ether oxygens (including phenoxy) is 1. The molecule has 1 aliphatic heterocycles. The van der Waals surface area contributed by atoms with Crippen molar-refractivity contribution < 1.29 is 4.74 Å². The molecule has 0 unspecified atom stereocenters. The molecule has 0 fully saturated rings. The quantitative estimate of drug-likeness (QED) is 0.699. The summed E-state index contributed by atoms with van der Waals surface area (Å²) in [5.41, 5.74) is 9.88. The third-order valence-corrected chi connectivity index (χ3v) is 5.05. The fraction of sp³-hybridized carbons (Fsp3) is 0.174. The Morgan fingerprint density at radius 1 is 1.00 bits per heavy atom. The summed E-state index contributed by atoms with van der Waals surface area (Å²) in [5.74, 6) is 1.14. The SMILES string of the molecule is CC(C)c1ccc([C@@H]2C(C#N)=C(N)Oc3ccc4ccccc4c32)cc1. The third kappa shape index (κ3) is 2.51. The highest BCUT2D eigenvalue weighted by Gasteiger charge is 2.32. The molecule has 3 heteroatoms. The highest BCUT2D eigenvalue weighted by molar-refractivity contribution is 5.90. The summed E-state index contributed by atoms with van der Waals surface area (Å²) in [7, 11) is 0. The van der Waals surface area contributed by atoms with Crippen molar-refractivity contribution in [2.24, 2.45) is 5.73 Å². The van der Waals surface area contributed by atoms with Crippen molar-refractivity contribution in [2.45, 2.75) is 25.7 Å². The molecule has 1 atom stereocenters. The van der Waals surface area contributed by atoms with Crippen LogP contribution in [0.3, 0.4) is 0 Å². The summed E-state index contributed by atoms with van der Waals surface area (Å²) in [4.78, 5) is 0. The van der Waals surface area contributed by atoms with E-state index in [0.717, 1.165) is 27.6 Å². The molecule has 1 aliphatic rings. The summed E-state index contributed by atoms with van der Waals surface area (Å²) in [5, 5.41) is 12.0. The van der Waals surface area contributed by atoms with Crippen LogP contribution < -0.4 is 10.5 Å². The minimum absolute atomic E-state index is 0.188. The van der Waals surface area contributed by atoms with Gasteiger partial charge in [-0.2, -0.15) is 5.26 Å². The van der Waals surface area contributed by atoms with E-state index in [0.29, 0.717) is 11.5 Å². The van der Waals surface area contributed by atoms with Crippen LogP contribution in [-0.4, -0.2) is 0 Å². The Balaban J connectivity index is 1.98. The molecule has 1 heterocycles. The van der Waals surface area contributed by atoms with Gasteiger partial charge in [0.05, 0.1) is 5.92 Å². The normalized spacial score (nSPS) is 16.3. The van der Waals surface area contributed by atoms with Gasteiger partial charge in [0.2, 0.25) is 5.88 Å². The Kier molecular flexibility index (Phi) is 3.89. The van der Waals surface area contributed by atoms with Gasteiger partial charge in [0.25, 0.3) is 0 Å². The van der Waals surface area contributed by atoms with Gasteiger partial charge in [-0.1, -0.05) is 68.4 Å². The molecular formula is C23H20N2O. The lowest BCUT2D eigenvalue weighted by molar-refractivity contribution is 0.395. The predicted molar refractivity (Wildman–Crippen MR) is 104 cm³/mol. The highest BCUT2D eigenvalue weighted by Crippen LogP contribution is 2.45. The van der Waals surface area contributed by atoms with Crippen LogP contribution in [0.1, 0.15) is 42.4 Å². The second-order valence-electron chi connectivity index (χ2n) is 6.94. The van der Waals surface area contributed by atoms with Gasteiger partial charge >= 0.3 is 0 Å². The van der Waals surface area contributed by atoms with E-state index in [4.69, 9.17) is 10.5 Å². The van der Waals surface area contributed by atoms with Crippen LogP contribution in [0.5, 0.6) is 5.75 Å². The van der Waals surface area contributed by atoms with E-state index in [1.807, 2.05) is 24.3 Å². The molecule has 0 aliphatic carbocycles. The van der Waals surface area contributed by atoms with E-state index < -0.39 is 0 Å². The molecule has 2 N–H and O–H groups in total. The van der Waals surface area contributed by atoms with Gasteiger partial charge in [-0.05, 0) is 33.9 Å². The molecule has 3 aromatic carbocycles. The van der Waals surface area contributed by atoms with E-state index in [1.165, 1.54) is 5.56 Å². The lowest BCUT2D eigenvalue weighted by Gasteiger charge is -2.28. The third-order valence-electron chi connectivity index (χ3n) is 5.05. The van der Waals surface area contributed by atoms with Crippen molar-refractivity contribution in [3.05, 3.63) is 88.8 Å². The van der Waals surface area contributed by atoms with Gasteiger partial charge in [0.15, 0.2) is 0 Å². The van der Waals surface area contributed by atoms with E-state index in [9.17, 15) is 5.26 Å². The van der Waals surface area contributed by atoms with Gasteiger partial charge in [-0.25, -0.2) is 0 Å². The minimum atomic E-state index is -0.226. The minimum Gasteiger partial charge on any atom is -0.440 e. The number of nitrogens with two attached hydrogens (primary N) is 1. The predicted octanol–water partition coefficient (Wildman–Crippen LogP) is 5.18. The zero-order valence-corrected chi connectivity index (χ0v) is 14.9. The van der Waals surface area contributed by atoms with E-state index in [1.54, 1.807) is 0 Å². The van der Waals surface area contributed by atoms with Crippen molar-refractivity contribution in [3.8, 4) is 11.8 Å². The topological polar surface area (TPSA) is 59.0 Å². The van der Waals surface area contributed by atoms with Gasteiger partial charge in [-0.3, -0.25) is 0 Å². The summed E-state index contributed by atoms with van der Waals surface area (Å²) in [6.45, 7) is 4.34. The maximum atomic E-state index is 9.77. The van der Waals surface area contributed by atoms with Crippen LogP contribution in [0.25, 0.3) is 10.8 Å². The number of nitrogens with zero attached hydrogens (tertiary/aromatic N) is 1. The van der Waals surface area contributed by atoms with Crippen LogP contribution in [-0.2, 0) is 0 Å². The monoisotopic (exact) mass is 340 g/mol. The summed E-state index contributed by atoms with van der Waals surface area (Å²) in [6, 6.07) is 22.9. The number of rotatable bonds is 2. The molecule has 26 heavy (non-hydrogen) atoms. The molecule has 4 rings (SSSR count). The average Bonchev–Trinajstić information content (AvgIpc) is 2.66. The number of benzene rings is 3. The first-order valence-electron chi connectivity index (χ1n) is 8.79. The van der Waals surface area contributed by atoms with E-state index in [-0.39, 0.29) is 11.8 Å². The summed E-state index contributed by atoms with van der Waals surface area (Å²) >= 11 is 0. The Bertz CT molecular complexity index is 1060. The largest absolute Gasteiger partial charge is 0.440 e. The van der Waals surface area contributed by atoms with Crippen molar-refractivity contribution in [1.82, 2.24) is 0 Å². The number of hydrogen-bond acceptors (Lipinski definition) is 3. The Labute approximate surface area is 153 Å². The molecule has 0 saturated carbocycles.